The number of hydrogen-bond donors (Lipinski definition) is 2. The molecule has 2 N–H and O–H groups in total. The molecule has 1 aromatic heterocycles. The molecule has 2 amide bonds. The van der Waals surface area contributed by atoms with Crippen molar-refractivity contribution < 1.29 is 13.2 Å². The highest BCUT2D eigenvalue weighted by molar-refractivity contribution is 7.90. The van der Waals surface area contributed by atoms with Gasteiger partial charge in [-0.15, -0.1) is 0 Å². The SMILES string of the molecule is CS(=O)(=O)c1ccc(Nc2nc(N3CCC[C@@H](NC(=O)N4CCCCC4)C3)cnc2C#N)cc1. The van der Waals surface area contributed by atoms with Gasteiger partial charge in [0.05, 0.1) is 11.1 Å². The molecule has 34 heavy (non-hydrogen) atoms. The molecule has 2 aliphatic heterocycles. The Morgan fingerprint density at radius 3 is 2.53 bits per heavy atom. The highest BCUT2D eigenvalue weighted by Gasteiger charge is 2.25. The fourth-order valence-corrected chi connectivity index (χ4v) is 4.92. The monoisotopic (exact) mass is 483 g/mol. The van der Waals surface area contributed by atoms with Gasteiger partial charge in [0, 0.05) is 44.2 Å². The van der Waals surface area contributed by atoms with Crippen molar-refractivity contribution in [3.8, 4) is 6.07 Å². The van der Waals surface area contributed by atoms with Crippen molar-refractivity contribution in [2.75, 3.05) is 42.7 Å². The fourth-order valence-electron chi connectivity index (χ4n) is 4.29. The zero-order valence-electron chi connectivity index (χ0n) is 19.2. The van der Waals surface area contributed by atoms with E-state index in [0.29, 0.717) is 23.9 Å². The Morgan fingerprint density at radius 2 is 1.85 bits per heavy atom. The maximum atomic E-state index is 12.6. The molecule has 0 spiro atoms. The predicted octanol–water partition coefficient (Wildman–Crippen LogP) is 2.66. The lowest BCUT2D eigenvalue weighted by molar-refractivity contribution is 0.181. The molecule has 2 aromatic rings. The van der Waals surface area contributed by atoms with Crippen LogP contribution in [0.15, 0.2) is 35.4 Å². The molecule has 180 valence electrons. The summed E-state index contributed by atoms with van der Waals surface area (Å²) in [5.41, 5.74) is 0.739. The Bertz CT molecular complexity index is 1170. The number of hydrogen-bond acceptors (Lipinski definition) is 8. The number of sulfone groups is 1. The first-order valence-electron chi connectivity index (χ1n) is 11.5. The maximum absolute atomic E-state index is 12.6. The minimum absolute atomic E-state index is 0.00245. The number of carbonyl (C=O) groups excluding carboxylic acids is 1. The molecule has 0 saturated carbocycles. The fraction of sp³-hybridized carbons (Fsp3) is 0.478. The summed E-state index contributed by atoms with van der Waals surface area (Å²) in [4.78, 5) is 25.7. The molecular weight excluding hydrogens is 454 g/mol. The van der Waals surface area contributed by atoms with Crippen molar-refractivity contribution in [1.82, 2.24) is 20.2 Å². The van der Waals surface area contributed by atoms with Crippen LogP contribution in [0.25, 0.3) is 0 Å². The van der Waals surface area contributed by atoms with Crippen molar-refractivity contribution in [2.45, 2.75) is 43.0 Å². The number of piperidine rings is 2. The lowest BCUT2D eigenvalue weighted by atomic mass is 10.1. The molecule has 2 saturated heterocycles. The second-order valence-electron chi connectivity index (χ2n) is 8.74. The van der Waals surface area contributed by atoms with Crippen molar-refractivity contribution >= 4 is 33.2 Å². The van der Waals surface area contributed by atoms with Crippen LogP contribution in [0.2, 0.25) is 0 Å². The van der Waals surface area contributed by atoms with Gasteiger partial charge in [0.2, 0.25) is 0 Å². The van der Waals surface area contributed by atoms with Gasteiger partial charge >= 0.3 is 6.03 Å². The summed E-state index contributed by atoms with van der Waals surface area (Å²) < 4.78 is 23.4. The van der Waals surface area contributed by atoms with Crippen LogP contribution in [-0.4, -0.2) is 67.8 Å². The van der Waals surface area contributed by atoms with E-state index in [2.05, 4.69) is 25.5 Å². The summed E-state index contributed by atoms with van der Waals surface area (Å²) in [6.45, 7) is 3.01. The van der Waals surface area contributed by atoms with Crippen molar-refractivity contribution in [1.29, 1.82) is 5.26 Å². The summed E-state index contributed by atoms with van der Waals surface area (Å²) in [7, 11) is -3.30. The molecule has 2 fully saturated rings. The number of urea groups is 1. The summed E-state index contributed by atoms with van der Waals surface area (Å²) in [5.74, 6) is 0.915. The summed E-state index contributed by atoms with van der Waals surface area (Å²) in [6, 6.07) is 8.30. The maximum Gasteiger partial charge on any atom is 0.317 e. The standard InChI is InChI=1S/C23H29N7O3S/c1-34(32,33)19-9-7-17(8-10-19)26-22-20(14-24)25-15-21(28-22)30-13-5-6-18(16-30)27-23(31)29-11-3-2-4-12-29/h7-10,15,18H,2-6,11-13,16H2,1H3,(H,26,28)(H,27,31)/t18-/m1/s1. The van der Waals surface area contributed by atoms with E-state index in [1.165, 1.54) is 18.6 Å². The van der Waals surface area contributed by atoms with Gasteiger partial charge in [0.25, 0.3) is 0 Å². The minimum Gasteiger partial charge on any atom is -0.353 e. The van der Waals surface area contributed by atoms with E-state index in [0.717, 1.165) is 51.6 Å². The highest BCUT2D eigenvalue weighted by atomic mass is 32.2. The zero-order chi connectivity index (χ0) is 24.1. The Balaban J connectivity index is 1.46. The molecule has 1 atom stereocenters. The molecule has 0 radical (unpaired) electrons. The van der Waals surface area contributed by atoms with Crippen LogP contribution in [0.1, 0.15) is 37.8 Å². The van der Waals surface area contributed by atoms with Crippen LogP contribution in [-0.2, 0) is 9.84 Å². The van der Waals surface area contributed by atoms with Crippen molar-refractivity contribution in [3.05, 3.63) is 36.2 Å². The Hall–Kier alpha value is -3.39. The van der Waals surface area contributed by atoms with Crippen LogP contribution in [0.5, 0.6) is 0 Å². The number of rotatable bonds is 5. The van der Waals surface area contributed by atoms with E-state index >= 15 is 0 Å². The third-order valence-corrected chi connectivity index (χ3v) is 7.26. The van der Waals surface area contributed by atoms with E-state index in [9.17, 15) is 18.5 Å². The number of amides is 2. The van der Waals surface area contributed by atoms with E-state index in [4.69, 9.17) is 0 Å². The number of aromatic nitrogens is 2. The Kier molecular flexibility index (Phi) is 7.17. The molecule has 0 aliphatic carbocycles. The second kappa shape index (κ2) is 10.3. The highest BCUT2D eigenvalue weighted by Crippen LogP contribution is 2.24. The van der Waals surface area contributed by atoms with Gasteiger partial charge in [-0.3, -0.25) is 0 Å². The zero-order valence-corrected chi connectivity index (χ0v) is 20.0. The number of anilines is 3. The normalized spacial score (nSPS) is 18.8. The van der Waals surface area contributed by atoms with Gasteiger partial charge in [-0.2, -0.15) is 5.26 Å². The molecule has 2 aliphatic rings. The Morgan fingerprint density at radius 1 is 1.12 bits per heavy atom. The largest absolute Gasteiger partial charge is 0.353 e. The topological polar surface area (TPSA) is 131 Å². The molecule has 4 rings (SSSR count). The quantitative estimate of drug-likeness (QED) is 0.664. The summed E-state index contributed by atoms with van der Waals surface area (Å²) in [5, 5.41) is 15.7. The molecule has 11 heteroatoms. The number of nitrogens with zero attached hydrogens (tertiary/aromatic N) is 5. The van der Waals surface area contributed by atoms with Crippen LogP contribution >= 0.6 is 0 Å². The predicted molar refractivity (Wildman–Crippen MR) is 129 cm³/mol. The first kappa shape index (κ1) is 23.8. The number of nitrogens with one attached hydrogen (secondary N) is 2. The second-order valence-corrected chi connectivity index (χ2v) is 10.8. The van der Waals surface area contributed by atoms with Crippen LogP contribution < -0.4 is 15.5 Å². The first-order valence-corrected chi connectivity index (χ1v) is 13.4. The molecule has 10 nitrogen and oxygen atoms in total. The van der Waals surface area contributed by atoms with Gasteiger partial charge in [0.1, 0.15) is 11.9 Å². The van der Waals surface area contributed by atoms with Crippen LogP contribution in [0.3, 0.4) is 0 Å². The minimum atomic E-state index is -3.30. The average molecular weight is 484 g/mol. The number of nitriles is 1. The van der Waals surface area contributed by atoms with Gasteiger partial charge in [0.15, 0.2) is 21.3 Å². The lowest BCUT2D eigenvalue weighted by Crippen LogP contribution is -2.52. The molecule has 0 unspecified atom stereocenters. The molecule has 3 heterocycles. The first-order chi connectivity index (χ1) is 16.3. The average Bonchev–Trinajstić information content (AvgIpc) is 2.84. The summed E-state index contributed by atoms with van der Waals surface area (Å²) in [6.07, 6.45) is 7.82. The smallest absolute Gasteiger partial charge is 0.317 e. The van der Waals surface area contributed by atoms with Gasteiger partial charge in [-0.05, 0) is 56.4 Å². The molecule has 0 bridgehead atoms. The van der Waals surface area contributed by atoms with E-state index in [1.54, 1.807) is 18.3 Å². The lowest BCUT2D eigenvalue weighted by Gasteiger charge is -2.35. The van der Waals surface area contributed by atoms with E-state index < -0.39 is 9.84 Å². The summed E-state index contributed by atoms with van der Waals surface area (Å²) >= 11 is 0. The van der Waals surface area contributed by atoms with E-state index in [1.807, 2.05) is 11.0 Å². The van der Waals surface area contributed by atoms with E-state index in [-0.39, 0.29) is 22.7 Å². The van der Waals surface area contributed by atoms with Crippen molar-refractivity contribution in [2.24, 2.45) is 0 Å². The van der Waals surface area contributed by atoms with Crippen LogP contribution in [0, 0.1) is 11.3 Å². The van der Waals surface area contributed by atoms with Gasteiger partial charge < -0.3 is 20.4 Å². The number of benzene rings is 1. The number of carbonyl (C=O) groups is 1. The molecular formula is C23H29N7O3S. The third-order valence-electron chi connectivity index (χ3n) is 6.13. The number of likely N-dealkylation sites (tertiary alicyclic amines) is 1. The molecule has 1 aromatic carbocycles. The van der Waals surface area contributed by atoms with Gasteiger partial charge in [-0.25, -0.2) is 23.2 Å². The van der Waals surface area contributed by atoms with Crippen molar-refractivity contribution in [3.63, 3.8) is 0 Å². The van der Waals surface area contributed by atoms with Gasteiger partial charge in [-0.1, -0.05) is 0 Å². The van der Waals surface area contributed by atoms with Crippen LogP contribution in [0.4, 0.5) is 22.1 Å². The third kappa shape index (κ3) is 5.75. The Labute approximate surface area is 199 Å².